The molecule has 3 N–H and O–H groups in total. The van der Waals surface area contributed by atoms with Gasteiger partial charge in [0, 0.05) is 6.54 Å². The number of hydrogen-bond donors (Lipinski definition) is 3. The number of urea groups is 1. The summed E-state index contributed by atoms with van der Waals surface area (Å²) in [5.74, 6) is -0.258. The molecule has 1 aliphatic heterocycles. The van der Waals surface area contributed by atoms with Crippen LogP contribution in [0.25, 0.3) is 0 Å². The molecule has 2 amide bonds. The molecular weight excluding hydrogens is 270 g/mol. The Balaban J connectivity index is 2.28. The van der Waals surface area contributed by atoms with Crippen LogP contribution in [0, 0.1) is 11.8 Å². The fraction of sp³-hybridized carbons (Fsp3) is 0.867. The smallest absolute Gasteiger partial charge is 0.326 e. The van der Waals surface area contributed by atoms with Crippen LogP contribution in [-0.2, 0) is 4.79 Å². The Morgan fingerprint density at radius 3 is 2.38 bits per heavy atom. The molecule has 0 radical (unpaired) electrons. The number of carboxylic acids is 1. The first-order valence-corrected chi connectivity index (χ1v) is 7.91. The second-order valence-corrected chi connectivity index (χ2v) is 6.25. The van der Waals surface area contributed by atoms with E-state index in [9.17, 15) is 9.59 Å². The third-order valence-electron chi connectivity index (χ3n) is 4.02. The number of carbonyl (C=O) groups excluding carboxylic acids is 1. The van der Waals surface area contributed by atoms with Crippen molar-refractivity contribution >= 4 is 12.0 Å². The Bertz CT molecular complexity index is 339. The lowest BCUT2D eigenvalue weighted by Gasteiger charge is -2.31. The largest absolute Gasteiger partial charge is 0.480 e. The van der Waals surface area contributed by atoms with Crippen LogP contribution in [0.15, 0.2) is 0 Å². The molecule has 122 valence electrons. The van der Waals surface area contributed by atoms with Crippen molar-refractivity contribution in [3.05, 3.63) is 0 Å². The molecule has 1 fully saturated rings. The maximum absolute atomic E-state index is 11.8. The van der Waals surface area contributed by atoms with Gasteiger partial charge in [-0.2, -0.15) is 0 Å². The highest BCUT2D eigenvalue weighted by molar-refractivity contribution is 5.82. The molecule has 6 heteroatoms. The fourth-order valence-electron chi connectivity index (χ4n) is 2.65. The quantitative estimate of drug-likeness (QED) is 0.665. The van der Waals surface area contributed by atoms with Gasteiger partial charge in [0.2, 0.25) is 0 Å². The van der Waals surface area contributed by atoms with E-state index in [1.165, 1.54) is 0 Å². The minimum absolute atomic E-state index is 0.227. The second kappa shape index (κ2) is 8.87. The van der Waals surface area contributed by atoms with Gasteiger partial charge in [-0.3, -0.25) is 0 Å². The fourth-order valence-corrected chi connectivity index (χ4v) is 2.65. The van der Waals surface area contributed by atoms with Gasteiger partial charge in [0.05, 0.1) is 0 Å². The van der Waals surface area contributed by atoms with E-state index in [0.29, 0.717) is 18.9 Å². The lowest BCUT2D eigenvalue weighted by molar-refractivity contribution is -0.139. The lowest BCUT2D eigenvalue weighted by atomic mass is 9.97. The number of nitrogens with one attached hydrogen (secondary N) is 2. The number of carboxylic acid groups (broad SMARTS) is 1. The Labute approximate surface area is 127 Å². The van der Waals surface area contributed by atoms with Gasteiger partial charge in [0.15, 0.2) is 0 Å². The van der Waals surface area contributed by atoms with Crippen molar-refractivity contribution in [2.75, 3.05) is 26.2 Å². The highest BCUT2D eigenvalue weighted by Crippen LogP contribution is 2.15. The predicted octanol–water partition coefficient (Wildman–Crippen LogP) is 1.52. The van der Waals surface area contributed by atoms with Crippen LogP contribution in [0.2, 0.25) is 0 Å². The van der Waals surface area contributed by atoms with Crippen molar-refractivity contribution in [2.24, 2.45) is 11.8 Å². The monoisotopic (exact) mass is 299 g/mol. The maximum Gasteiger partial charge on any atom is 0.326 e. The van der Waals surface area contributed by atoms with E-state index in [-0.39, 0.29) is 11.9 Å². The Hall–Kier alpha value is -1.30. The number of amides is 2. The van der Waals surface area contributed by atoms with Gasteiger partial charge in [-0.05, 0) is 50.7 Å². The van der Waals surface area contributed by atoms with E-state index in [1.807, 2.05) is 13.8 Å². The van der Waals surface area contributed by atoms with E-state index >= 15 is 0 Å². The summed E-state index contributed by atoms with van der Waals surface area (Å²) in [4.78, 5) is 25.3. The molecule has 1 heterocycles. The SMILES string of the molecule is CCN1CCC(CNC(=O)N[C@@H](CC(C)C)C(=O)O)CC1. The van der Waals surface area contributed by atoms with E-state index in [1.54, 1.807) is 0 Å². The summed E-state index contributed by atoms with van der Waals surface area (Å²) in [7, 11) is 0. The molecular formula is C15H29N3O3. The van der Waals surface area contributed by atoms with Crippen molar-refractivity contribution in [1.82, 2.24) is 15.5 Å². The molecule has 0 aromatic carbocycles. The number of likely N-dealkylation sites (tertiary alicyclic amines) is 1. The van der Waals surface area contributed by atoms with Gasteiger partial charge in [0.25, 0.3) is 0 Å². The Kier molecular flexibility index (Phi) is 7.50. The first kappa shape index (κ1) is 17.8. The molecule has 1 saturated heterocycles. The van der Waals surface area contributed by atoms with E-state index in [4.69, 9.17) is 5.11 Å². The predicted molar refractivity (Wildman–Crippen MR) is 82.3 cm³/mol. The van der Waals surface area contributed by atoms with E-state index in [0.717, 1.165) is 32.5 Å². The average molecular weight is 299 g/mol. The molecule has 1 aliphatic rings. The van der Waals surface area contributed by atoms with Crippen LogP contribution >= 0.6 is 0 Å². The van der Waals surface area contributed by atoms with Crippen molar-refractivity contribution in [3.63, 3.8) is 0 Å². The molecule has 0 unspecified atom stereocenters. The summed E-state index contributed by atoms with van der Waals surface area (Å²) >= 11 is 0. The van der Waals surface area contributed by atoms with Crippen LogP contribution < -0.4 is 10.6 Å². The Morgan fingerprint density at radius 2 is 1.90 bits per heavy atom. The topological polar surface area (TPSA) is 81.7 Å². The van der Waals surface area contributed by atoms with Gasteiger partial charge in [-0.15, -0.1) is 0 Å². The molecule has 0 aliphatic carbocycles. The third kappa shape index (κ3) is 6.80. The number of nitrogens with zero attached hydrogens (tertiary/aromatic N) is 1. The third-order valence-corrected chi connectivity index (χ3v) is 4.02. The molecule has 1 rings (SSSR count). The molecule has 0 bridgehead atoms. The summed E-state index contributed by atoms with van der Waals surface area (Å²) < 4.78 is 0. The first-order valence-electron chi connectivity index (χ1n) is 7.91. The van der Waals surface area contributed by atoms with Crippen LogP contribution in [0.5, 0.6) is 0 Å². The summed E-state index contributed by atoms with van der Waals surface area (Å²) in [6, 6.07) is -1.19. The zero-order chi connectivity index (χ0) is 15.8. The van der Waals surface area contributed by atoms with Crippen LogP contribution in [0.3, 0.4) is 0 Å². The van der Waals surface area contributed by atoms with E-state index in [2.05, 4.69) is 22.5 Å². The number of piperidine rings is 1. The van der Waals surface area contributed by atoms with Gasteiger partial charge in [-0.1, -0.05) is 20.8 Å². The van der Waals surface area contributed by atoms with Crippen LogP contribution in [0.1, 0.15) is 40.0 Å². The molecule has 21 heavy (non-hydrogen) atoms. The number of aliphatic carboxylic acids is 1. The van der Waals surface area contributed by atoms with Gasteiger partial charge < -0.3 is 20.6 Å². The molecule has 0 aromatic heterocycles. The lowest BCUT2D eigenvalue weighted by Crippen LogP contribution is -2.48. The minimum atomic E-state index is -0.977. The van der Waals surface area contributed by atoms with Crippen molar-refractivity contribution in [1.29, 1.82) is 0 Å². The zero-order valence-corrected chi connectivity index (χ0v) is 13.4. The second-order valence-electron chi connectivity index (χ2n) is 6.25. The molecule has 0 aromatic rings. The summed E-state index contributed by atoms with van der Waals surface area (Å²) in [6.45, 7) is 9.90. The normalized spacial score (nSPS) is 18.5. The summed E-state index contributed by atoms with van der Waals surface area (Å²) in [5.41, 5.74) is 0. The number of rotatable bonds is 7. The van der Waals surface area contributed by atoms with Gasteiger partial charge in [0.1, 0.15) is 6.04 Å². The summed E-state index contributed by atoms with van der Waals surface area (Å²) in [5, 5.41) is 14.5. The van der Waals surface area contributed by atoms with Crippen LogP contribution in [-0.4, -0.2) is 54.2 Å². The van der Waals surface area contributed by atoms with Gasteiger partial charge in [-0.25, -0.2) is 9.59 Å². The zero-order valence-electron chi connectivity index (χ0n) is 13.4. The molecule has 0 spiro atoms. The summed E-state index contributed by atoms with van der Waals surface area (Å²) in [6.07, 6.45) is 2.61. The highest BCUT2D eigenvalue weighted by atomic mass is 16.4. The highest BCUT2D eigenvalue weighted by Gasteiger charge is 2.22. The molecule has 6 nitrogen and oxygen atoms in total. The number of carbonyl (C=O) groups is 2. The molecule has 0 saturated carbocycles. The average Bonchev–Trinajstić information content (AvgIpc) is 2.44. The minimum Gasteiger partial charge on any atom is -0.480 e. The van der Waals surface area contributed by atoms with Crippen molar-refractivity contribution in [2.45, 2.75) is 46.1 Å². The first-order chi connectivity index (χ1) is 9.92. The molecule has 1 atom stereocenters. The van der Waals surface area contributed by atoms with Gasteiger partial charge >= 0.3 is 12.0 Å². The van der Waals surface area contributed by atoms with E-state index < -0.39 is 12.0 Å². The Morgan fingerprint density at radius 1 is 1.29 bits per heavy atom. The van der Waals surface area contributed by atoms with Crippen molar-refractivity contribution in [3.8, 4) is 0 Å². The number of hydrogen-bond acceptors (Lipinski definition) is 3. The van der Waals surface area contributed by atoms with Crippen LogP contribution in [0.4, 0.5) is 4.79 Å². The standard InChI is InChI=1S/C15H29N3O3/c1-4-18-7-5-12(6-8-18)10-16-15(21)17-13(14(19)20)9-11(2)3/h11-13H,4-10H2,1-3H3,(H,19,20)(H2,16,17,21)/t13-/m0/s1. The van der Waals surface area contributed by atoms with Crippen molar-refractivity contribution < 1.29 is 14.7 Å². The maximum atomic E-state index is 11.8.